The van der Waals surface area contributed by atoms with Crippen LogP contribution in [0.1, 0.15) is 23.6 Å². The first-order valence-corrected chi connectivity index (χ1v) is 6.27. The third-order valence-electron chi connectivity index (χ3n) is 3.06. The van der Waals surface area contributed by atoms with E-state index in [0.717, 1.165) is 23.2 Å². The third kappa shape index (κ3) is 2.68. The molecule has 20 heavy (non-hydrogen) atoms. The molecule has 0 bridgehead atoms. The Morgan fingerprint density at radius 3 is 2.70 bits per heavy atom. The lowest BCUT2D eigenvalue weighted by Gasteiger charge is -2.14. The van der Waals surface area contributed by atoms with Crippen molar-refractivity contribution in [2.75, 3.05) is 10.7 Å². The number of aromatic nitrogens is 2. The molecule has 4 N–H and O–H groups in total. The number of nitrogens with one attached hydrogen (secondary N) is 2. The molecule has 2 aromatic rings. The molecular formula is C14H16N6. The van der Waals surface area contributed by atoms with Crippen molar-refractivity contribution in [3.8, 4) is 6.07 Å². The van der Waals surface area contributed by atoms with Gasteiger partial charge in [-0.1, -0.05) is 13.0 Å². The molecule has 2 rings (SSSR count). The van der Waals surface area contributed by atoms with Gasteiger partial charge in [0, 0.05) is 11.3 Å². The van der Waals surface area contributed by atoms with Crippen LogP contribution in [0, 0.1) is 18.3 Å². The average molecular weight is 268 g/mol. The quantitative estimate of drug-likeness (QED) is 0.581. The van der Waals surface area contributed by atoms with Crippen LogP contribution in [0.15, 0.2) is 24.5 Å². The van der Waals surface area contributed by atoms with E-state index in [4.69, 9.17) is 11.1 Å². The van der Waals surface area contributed by atoms with Crippen LogP contribution in [0.3, 0.4) is 0 Å². The standard InChI is InChI=1S/C14H16N6/c1-3-11-13(17-8-18-14(11)20-16)19-12-6-10(7-15)5-4-9(12)2/h4-6,8H,3,16H2,1-2H3,(H2,17,18,19,20). The maximum absolute atomic E-state index is 8.97. The summed E-state index contributed by atoms with van der Waals surface area (Å²) in [7, 11) is 0. The first-order valence-electron chi connectivity index (χ1n) is 6.27. The van der Waals surface area contributed by atoms with Gasteiger partial charge in [-0.25, -0.2) is 15.8 Å². The van der Waals surface area contributed by atoms with Gasteiger partial charge in [-0.2, -0.15) is 5.26 Å². The van der Waals surface area contributed by atoms with E-state index in [1.807, 2.05) is 19.9 Å². The van der Waals surface area contributed by atoms with E-state index in [2.05, 4.69) is 26.8 Å². The number of hydrogen-bond acceptors (Lipinski definition) is 6. The van der Waals surface area contributed by atoms with Crippen LogP contribution in [0.25, 0.3) is 0 Å². The van der Waals surface area contributed by atoms with Crippen LogP contribution in [0.4, 0.5) is 17.3 Å². The molecule has 1 heterocycles. The Labute approximate surface area is 117 Å². The van der Waals surface area contributed by atoms with E-state index in [1.54, 1.807) is 12.1 Å². The van der Waals surface area contributed by atoms with Crippen molar-refractivity contribution in [3.63, 3.8) is 0 Å². The highest BCUT2D eigenvalue weighted by Gasteiger charge is 2.10. The number of nitrogens with zero attached hydrogens (tertiary/aromatic N) is 3. The van der Waals surface area contributed by atoms with Crippen molar-refractivity contribution in [2.45, 2.75) is 20.3 Å². The average Bonchev–Trinajstić information content (AvgIpc) is 2.49. The maximum Gasteiger partial charge on any atom is 0.148 e. The summed E-state index contributed by atoms with van der Waals surface area (Å²) in [5, 5.41) is 12.2. The van der Waals surface area contributed by atoms with Gasteiger partial charge >= 0.3 is 0 Å². The Balaban J connectivity index is 2.42. The normalized spacial score (nSPS) is 9.90. The summed E-state index contributed by atoms with van der Waals surface area (Å²) < 4.78 is 0. The first kappa shape index (κ1) is 13.8. The second kappa shape index (κ2) is 5.99. The molecule has 0 aliphatic rings. The fourth-order valence-electron chi connectivity index (χ4n) is 1.93. The second-order valence-electron chi connectivity index (χ2n) is 4.31. The minimum absolute atomic E-state index is 0.596. The molecule has 0 aliphatic carbocycles. The molecule has 0 spiro atoms. The molecule has 0 aliphatic heterocycles. The number of rotatable bonds is 4. The highest BCUT2D eigenvalue weighted by atomic mass is 15.3. The number of nitrogens with two attached hydrogens (primary N) is 1. The Kier molecular flexibility index (Phi) is 4.13. The van der Waals surface area contributed by atoms with Crippen molar-refractivity contribution in [3.05, 3.63) is 41.2 Å². The monoisotopic (exact) mass is 268 g/mol. The summed E-state index contributed by atoms with van der Waals surface area (Å²) in [4.78, 5) is 8.34. The van der Waals surface area contributed by atoms with Crippen LogP contribution >= 0.6 is 0 Å². The Morgan fingerprint density at radius 1 is 1.30 bits per heavy atom. The Hall–Kier alpha value is -2.65. The third-order valence-corrected chi connectivity index (χ3v) is 3.06. The summed E-state index contributed by atoms with van der Waals surface area (Å²) in [5.74, 6) is 6.74. The maximum atomic E-state index is 8.97. The van der Waals surface area contributed by atoms with Crippen LogP contribution in [0.5, 0.6) is 0 Å². The van der Waals surface area contributed by atoms with Gasteiger partial charge in [0.1, 0.15) is 18.0 Å². The fourth-order valence-corrected chi connectivity index (χ4v) is 1.93. The van der Waals surface area contributed by atoms with Crippen molar-refractivity contribution in [1.82, 2.24) is 9.97 Å². The van der Waals surface area contributed by atoms with Crippen molar-refractivity contribution < 1.29 is 0 Å². The molecular weight excluding hydrogens is 252 g/mol. The van der Waals surface area contributed by atoms with Gasteiger partial charge in [-0.15, -0.1) is 0 Å². The van der Waals surface area contributed by atoms with Crippen LogP contribution in [-0.4, -0.2) is 9.97 Å². The minimum atomic E-state index is 0.596. The number of nitrogen functional groups attached to an aromatic ring is 1. The highest BCUT2D eigenvalue weighted by molar-refractivity contribution is 5.67. The lowest BCUT2D eigenvalue weighted by molar-refractivity contribution is 1.04. The van der Waals surface area contributed by atoms with E-state index in [1.165, 1.54) is 6.33 Å². The van der Waals surface area contributed by atoms with Crippen LogP contribution in [-0.2, 0) is 6.42 Å². The van der Waals surface area contributed by atoms with Gasteiger partial charge in [0.15, 0.2) is 0 Å². The molecule has 0 fully saturated rings. The van der Waals surface area contributed by atoms with E-state index >= 15 is 0 Å². The van der Waals surface area contributed by atoms with Crippen molar-refractivity contribution >= 4 is 17.3 Å². The molecule has 6 heteroatoms. The summed E-state index contributed by atoms with van der Waals surface area (Å²) in [6.45, 7) is 3.97. The SMILES string of the molecule is CCc1c(NN)ncnc1Nc1cc(C#N)ccc1C. The summed E-state index contributed by atoms with van der Waals surface area (Å²) >= 11 is 0. The number of aryl methyl sites for hydroxylation is 1. The van der Waals surface area contributed by atoms with Crippen molar-refractivity contribution in [1.29, 1.82) is 5.26 Å². The van der Waals surface area contributed by atoms with Gasteiger partial charge in [0.2, 0.25) is 0 Å². The van der Waals surface area contributed by atoms with Crippen molar-refractivity contribution in [2.24, 2.45) is 5.84 Å². The number of benzene rings is 1. The summed E-state index contributed by atoms with van der Waals surface area (Å²) in [6.07, 6.45) is 2.18. The topological polar surface area (TPSA) is 99.7 Å². The molecule has 0 radical (unpaired) electrons. The molecule has 0 amide bonds. The van der Waals surface area contributed by atoms with E-state index in [9.17, 15) is 0 Å². The molecule has 0 unspecified atom stereocenters. The molecule has 1 aromatic heterocycles. The second-order valence-corrected chi connectivity index (χ2v) is 4.31. The number of nitriles is 1. The molecule has 6 nitrogen and oxygen atoms in total. The van der Waals surface area contributed by atoms with E-state index in [-0.39, 0.29) is 0 Å². The molecule has 0 saturated heterocycles. The van der Waals surface area contributed by atoms with Gasteiger partial charge in [-0.05, 0) is 31.0 Å². The highest BCUT2D eigenvalue weighted by Crippen LogP contribution is 2.25. The summed E-state index contributed by atoms with van der Waals surface area (Å²) in [6, 6.07) is 7.61. The number of hydrazine groups is 1. The zero-order chi connectivity index (χ0) is 14.5. The minimum Gasteiger partial charge on any atom is -0.340 e. The van der Waals surface area contributed by atoms with Crippen LogP contribution < -0.4 is 16.6 Å². The molecule has 0 atom stereocenters. The smallest absolute Gasteiger partial charge is 0.148 e. The number of anilines is 3. The lowest BCUT2D eigenvalue weighted by Crippen LogP contribution is -2.13. The molecule has 102 valence electrons. The van der Waals surface area contributed by atoms with Gasteiger partial charge < -0.3 is 10.7 Å². The lowest BCUT2D eigenvalue weighted by atomic mass is 10.1. The Bertz CT molecular complexity index is 659. The van der Waals surface area contributed by atoms with E-state index in [0.29, 0.717) is 17.2 Å². The van der Waals surface area contributed by atoms with Crippen LogP contribution in [0.2, 0.25) is 0 Å². The zero-order valence-electron chi connectivity index (χ0n) is 11.4. The first-order chi connectivity index (χ1) is 9.69. The predicted molar refractivity (Wildman–Crippen MR) is 78.4 cm³/mol. The van der Waals surface area contributed by atoms with Gasteiger partial charge in [0.05, 0.1) is 11.6 Å². The van der Waals surface area contributed by atoms with E-state index < -0.39 is 0 Å². The summed E-state index contributed by atoms with van der Waals surface area (Å²) in [5.41, 5.74) is 5.95. The predicted octanol–water partition coefficient (Wildman–Crippen LogP) is 2.25. The van der Waals surface area contributed by atoms with Gasteiger partial charge in [-0.3, -0.25) is 0 Å². The fraction of sp³-hybridized carbons (Fsp3) is 0.214. The van der Waals surface area contributed by atoms with Gasteiger partial charge in [0.25, 0.3) is 0 Å². The molecule has 1 aromatic carbocycles. The number of hydrogen-bond donors (Lipinski definition) is 3. The Morgan fingerprint density at radius 2 is 2.05 bits per heavy atom. The molecule has 0 saturated carbocycles. The largest absolute Gasteiger partial charge is 0.340 e. The zero-order valence-corrected chi connectivity index (χ0v) is 11.4.